The molecule has 6 heteroatoms. The van der Waals surface area contributed by atoms with Crippen molar-refractivity contribution in [1.29, 1.82) is 0 Å². The Labute approximate surface area is 120 Å². The van der Waals surface area contributed by atoms with Crippen LogP contribution in [0.1, 0.15) is 23.3 Å². The fourth-order valence-electron chi connectivity index (χ4n) is 2.21. The van der Waals surface area contributed by atoms with Gasteiger partial charge in [-0.2, -0.15) is 0 Å². The normalized spacial score (nSPS) is 19.1. The number of piperidine rings is 1. The minimum atomic E-state index is -0.250. The SMILES string of the molecule is COC(=O)C1CCCN(C(=O)c2cccc(Br)n2)C1. The maximum absolute atomic E-state index is 12.3. The van der Waals surface area contributed by atoms with Gasteiger partial charge in [0.05, 0.1) is 13.0 Å². The molecule has 1 aromatic rings. The smallest absolute Gasteiger partial charge is 0.310 e. The number of pyridine rings is 1. The van der Waals surface area contributed by atoms with Crippen LogP contribution in [0.15, 0.2) is 22.8 Å². The van der Waals surface area contributed by atoms with Gasteiger partial charge in [0.1, 0.15) is 10.3 Å². The lowest BCUT2D eigenvalue weighted by Gasteiger charge is -2.31. The fraction of sp³-hybridized carbons (Fsp3) is 0.462. The molecule has 102 valence electrons. The average molecular weight is 327 g/mol. The van der Waals surface area contributed by atoms with E-state index in [2.05, 4.69) is 20.9 Å². The standard InChI is InChI=1S/C13H15BrN2O3/c1-19-13(18)9-4-3-7-16(8-9)12(17)10-5-2-6-11(14)15-10/h2,5-6,9H,3-4,7-8H2,1H3. The van der Waals surface area contributed by atoms with E-state index < -0.39 is 0 Å². The highest BCUT2D eigenvalue weighted by atomic mass is 79.9. The van der Waals surface area contributed by atoms with Crippen LogP contribution in [0.5, 0.6) is 0 Å². The molecule has 1 aliphatic heterocycles. The Balaban J connectivity index is 2.09. The quantitative estimate of drug-likeness (QED) is 0.615. The van der Waals surface area contributed by atoms with Crippen LogP contribution in [0.3, 0.4) is 0 Å². The highest BCUT2D eigenvalue weighted by molar-refractivity contribution is 9.10. The van der Waals surface area contributed by atoms with E-state index in [1.54, 1.807) is 23.1 Å². The molecule has 0 spiro atoms. The van der Waals surface area contributed by atoms with Crippen LogP contribution in [0.25, 0.3) is 0 Å². The number of carbonyl (C=O) groups excluding carboxylic acids is 2. The van der Waals surface area contributed by atoms with Crippen molar-refractivity contribution in [3.8, 4) is 0 Å². The van der Waals surface area contributed by atoms with Gasteiger partial charge in [0.15, 0.2) is 0 Å². The number of nitrogens with zero attached hydrogens (tertiary/aromatic N) is 2. The van der Waals surface area contributed by atoms with Crippen molar-refractivity contribution in [2.24, 2.45) is 5.92 Å². The molecule has 1 unspecified atom stereocenters. The third-order valence-electron chi connectivity index (χ3n) is 3.18. The second-order valence-electron chi connectivity index (χ2n) is 4.46. The zero-order chi connectivity index (χ0) is 13.8. The minimum Gasteiger partial charge on any atom is -0.469 e. The summed E-state index contributed by atoms with van der Waals surface area (Å²) in [6.07, 6.45) is 1.57. The summed E-state index contributed by atoms with van der Waals surface area (Å²) in [5.74, 6) is -0.621. The van der Waals surface area contributed by atoms with Crippen molar-refractivity contribution in [2.75, 3.05) is 20.2 Å². The first kappa shape index (κ1) is 14.0. The van der Waals surface area contributed by atoms with Crippen molar-refractivity contribution in [1.82, 2.24) is 9.88 Å². The summed E-state index contributed by atoms with van der Waals surface area (Å²) < 4.78 is 5.37. The number of ether oxygens (including phenoxy) is 1. The van der Waals surface area contributed by atoms with E-state index in [0.717, 1.165) is 12.8 Å². The first-order chi connectivity index (χ1) is 9.11. The number of hydrogen-bond acceptors (Lipinski definition) is 4. The number of methoxy groups -OCH3 is 1. The Bertz CT molecular complexity index is 493. The van der Waals surface area contributed by atoms with Crippen molar-refractivity contribution >= 4 is 27.8 Å². The fourth-order valence-corrected chi connectivity index (χ4v) is 2.55. The molecule has 2 heterocycles. The lowest BCUT2D eigenvalue weighted by atomic mass is 9.98. The molecule has 0 bridgehead atoms. The van der Waals surface area contributed by atoms with Gasteiger partial charge in [-0.25, -0.2) is 4.98 Å². The highest BCUT2D eigenvalue weighted by Crippen LogP contribution is 2.19. The maximum atomic E-state index is 12.3. The molecular weight excluding hydrogens is 312 g/mol. The van der Waals surface area contributed by atoms with Gasteiger partial charge >= 0.3 is 5.97 Å². The Morgan fingerprint density at radius 3 is 2.95 bits per heavy atom. The van der Waals surface area contributed by atoms with Gasteiger partial charge in [0, 0.05) is 13.1 Å². The van der Waals surface area contributed by atoms with Crippen LogP contribution in [-0.4, -0.2) is 42.0 Å². The molecule has 1 aliphatic rings. The van der Waals surface area contributed by atoms with Crippen LogP contribution >= 0.6 is 15.9 Å². The first-order valence-corrected chi connectivity index (χ1v) is 6.91. The second kappa shape index (κ2) is 6.14. The van der Waals surface area contributed by atoms with E-state index in [1.165, 1.54) is 7.11 Å². The summed E-state index contributed by atoms with van der Waals surface area (Å²) in [5.41, 5.74) is 0.389. The van der Waals surface area contributed by atoms with Crippen LogP contribution in [0.4, 0.5) is 0 Å². The molecule has 2 rings (SSSR count). The number of rotatable bonds is 2. The van der Waals surface area contributed by atoms with E-state index >= 15 is 0 Å². The molecule has 1 fully saturated rings. The number of halogens is 1. The summed E-state index contributed by atoms with van der Waals surface area (Å²) in [6.45, 7) is 1.06. The van der Waals surface area contributed by atoms with Crippen LogP contribution in [0.2, 0.25) is 0 Å². The summed E-state index contributed by atoms with van der Waals surface area (Å²) in [5, 5.41) is 0. The van der Waals surface area contributed by atoms with E-state index in [1.807, 2.05) is 0 Å². The van der Waals surface area contributed by atoms with E-state index in [4.69, 9.17) is 4.74 Å². The van der Waals surface area contributed by atoms with Gasteiger partial charge in [-0.05, 0) is 40.9 Å². The molecule has 0 saturated carbocycles. The molecule has 0 radical (unpaired) electrons. The van der Waals surface area contributed by atoms with Gasteiger partial charge in [-0.1, -0.05) is 6.07 Å². The summed E-state index contributed by atoms with van der Waals surface area (Å²) >= 11 is 3.24. The van der Waals surface area contributed by atoms with Gasteiger partial charge in [0.2, 0.25) is 0 Å². The molecule has 0 N–H and O–H groups in total. The molecule has 1 atom stereocenters. The van der Waals surface area contributed by atoms with Crippen molar-refractivity contribution < 1.29 is 14.3 Å². The number of aromatic nitrogens is 1. The summed E-state index contributed by atoms with van der Waals surface area (Å²) in [6, 6.07) is 5.21. The molecule has 1 aromatic heterocycles. The van der Waals surface area contributed by atoms with E-state index in [0.29, 0.717) is 23.4 Å². The van der Waals surface area contributed by atoms with Gasteiger partial charge in [0.25, 0.3) is 5.91 Å². The maximum Gasteiger partial charge on any atom is 0.310 e. The average Bonchev–Trinajstić information content (AvgIpc) is 2.45. The Morgan fingerprint density at radius 1 is 1.47 bits per heavy atom. The predicted octanol–water partition coefficient (Wildman–Crippen LogP) is 1.87. The molecule has 19 heavy (non-hydrogen) atoms. The van der Waals surface area contributed by atoms with Crippen molar-refractivity contribution in [3.63, 3.8) is 0 Å². The second-order valence-corrected chi connectivity index (χ2v) is 5.27. The first-order valence-electron chi connectivity index (χ1n) is 6.11. The third-order valence-corrected chi connectivity index (χ3v) is 3.62. The topological polar surface area (TPSA) is 59.5 Å². The van der Waals surface area contributed by atoms with Crippen molar-refractivity contribution in [3.05, 3.63) is 28.5 Å². The van der Waals surface area contributed by atoms with E-state index in [-0.39, 0.29) is 17.8 Å². The van der Waals surface area contributed by atoms with Gasteiger partial charge in [-0.3, -0.25) is 9.59 Å². The zero-order valence-corrected chi connectivity index (χ0v) is 12.2. The van der Waals surface area contributed by atoms with Crippen LogP contribution in [-0.2, 0) is 9.53 Å². The number of likely N-dealkylation sites (tertiary alicyclic amines) is 1. The van der Waals surface area contributed by atoms with Gasteiger partial charge < -0.3 is 9.64 Å². The molecule has 5 nitrogen and oxygen atoms in total. The predicted molar refractivity (Wildman–Crippen MR) is 72.6 cm³/mol. The lowest BCUT2D eigenvalue weighted by molar-refractivity contribution is -0.146. The minimum absolute atomic E-state index is 0.144. The number of hydrogen-bond donors (Lipinski definition) is 0. The Hall–Kier alpha value is -1.43. The van der Waals surface area contributed by atoms with Crippen LogP contribution < -0.4 is 0 Å². The number of carbonyl (C=O) groups is 2. The summed E-state index contributed by atoms with van der Waals surface area (Å²) in [7, 11) is 1.37. The largest absolute Gasteiger partial charge is 0.469 e. The molecule has 1 amide bonds. The van der Waals surface area contributed by atoms with Crippen LogP contribution in [0, 0.1) is 5.92 Å². The molecular formula is C13H15BrN2O3. The monoisotopic (exact) mass is 326 g/mol. The lowest BCUT2D eigenvalue weighted by Crippen LogP contribution is -2.42. The number of amides is 1. The highest BCUT2D eigenvalue weighted by Gasteiger charge is 2.29. The molecule has 0 aromatic carbocycles. The summed E-state index contributed by atoms with van der Waals surface area (Å²) in [4.78, 5) is 29.7. The molecule has 0 aliphatic carbocycles. The third kappa shape index (κ3) is 3.32. The molecule has 1 saturated heterocycles. The Morgan fingerprint density at radius 2 is 2.26 bits per heavy atom. The van der Waals surface area contributed by atoms with E-state index in [9.17, 15) is 9.59 Å². The number of esters is 1. The zero-order valence-electron chi connectivity index (χ0n) is 10.6. The van der Waals surface area contributed by atoms with Gasteiger partial charge in [-0.15, -0.1) is 0 Å². The Kier molecular flexibility index (Phi) is 4.52. The van der Waals surface area contributed by atoms with Crippen molar-refractivity contribution in [2.45, 2.75) is 12.8 Å².